The summed E-state index contributed by atoms with van der Waals surface area (Å²) in [7, 11) is 1.01. The minimum Gasteiger partial charge on any atom is -0.336 e. The molecule has 0 radical (unpaired) electrons. The van der Waals surface area contributed by atoms with Crippen molar-refractivity contribution in [1.29, 1.82) is 0 Å². The summed E-state index contributed by atoms with van der Waals surface area (Å²) in [6, 6.07) is -0.800. The highest BCUT2D eigenvalue weighted by atomic mass is 19.4. The number of alkyl halides is 3. The fourth-order valence-corrected chi connectivity index (χ4v) is 0.985. The van der Waals surface area contributed by atoms with E-state index < -0.39 is 30.6 Å². The van der Waals surface area contributed by atoms with E-state index in [4.69, 9.17) is 0 Å². The molecule has 0 aromatic rings. The molecule has 7 heteroatoms. The van der Waals surface area contributed by atoms with E-state index >= 15 is 0 Å². The minimum atomic E-state index is -4.60. The van der Waals surface area contributed by atoms with Crippen LogP contribution in [0.1, 0.15) is 0 Å². The second-order valence-electron chi connectivity index (χ2n) is 2.68. The standard InChI is InChI=1S/C6H7F3N2O2/c1-11-4(12)3(6(7,8)9)2-10-5(11)13/h3H,2H2,1H3,(H,10,13). The molecule has 1 aliphatic rings. The van der Waals surface area contributed by atoms with Crippen molar-refractivity contribution in [2.75, 3.05) is 13.6 Å². The molecule has 0 spiro atoms. The van der Waals surface area contributed by atoms with Gasteiger partial charge >= 0.3 is 12.2 Å². The topological polar surface area (TPSA) is 49.4 Å². The smallest absolute Gasteiger partial charge is 0.336 e. The van der Waals surface area contributed by atoms with E-state index in [2.05, 4.69) is 0 Å². The number of urea groups is 1. The van der Waals surface area contributed by atoms with Gasteiger partial charge in [0.15, 0.2) is 5.92 Å². The Morgan fingerprint density at radius 2 is 2.00 bits per heavy atom. The molecule has 1 N–H and O–H groups in total. The first-order chi connectivity index (χ1) is 5.84. The van der Waals surface area contributed by atoms with E-state index in [1.807, 2.05) is 5.32 Å². The third-order valence-corrected chi connectivity index (χ3v) is 1.79. The van der Waals surface area contributed by atoms with E-state index in [0.29, 0.717) is 4.90 Å². The Morgan fingerprint density at radius 3 is 2.46 bits per heavy atom. The fraction of sp³-hybridized carbons (Fsp3) is 0.667. The number of amides is 3. The molecule has 13 heavy (non-hydrogen) atoms. The lowest BCUT2D eigenvalue weighted by Gasteiger charge is -2.29. The summed E-state index contributed by atoms with van der Waals surface area (Å²) in [5.74, 6) is -3.33. The molecule has 1 unspecified atom stereocenters. The summed E-state index contributed by atoms with van der Waals surface area (Å²) in [5.41, 5.74) is 0. The summed E-state index contributed by atoms with van der Waals surface area (Å²) >= 11 is 0. The predicted molar refractivity (Wildman–Crippen MR) is 35.7 cm³/mol. The zero-order valence-electron chi connectivity index (χ0n) is 6.68. The number of nitrogens with zero attached hydrogens (tertiary/aromatic N) is 1. The molecule has 4 nitrogen and oxygen atoms in total. The molecule has 1 atom stereocenters. The number of imide groups is 1. The Bertz CT molecular complexity index is 251. The van der Waals surface area contributed by atoms with Gasteiger partial charge in [0.25, 0.3) is 0 Å². The van der Waals surface area contributed by atoms with Gasteiger partial charge in [-0.1, -0.05) is 0 Å². The molecule has 3 amide bonds. The first kappa shape index (κ1) is 9.82. The van der Waals surface area contributed by atoms with Gasteiger partial charge in [-0.25, -0.2) is 4.79 Å². The monoisotopic (exact) mass is 196 g/mol. The number of hydrogen-bond acceptors (Lipinski definition) is 2. The summed E-state index contributed by atoms with van der Waals surface area (Å²) in [4.78, 5) is 22.1. The lowest BCUT2D eigenvalue weighted by atomic mass is 10.1. The van der Waals surface area contributed by atoms with Crippen molar-refractivity contribution in [3.05, 3.63) is 0 Å². The molecule has 0 bridgehead atoms. The highest BCUT2D eigenvalue weighted by Gasteiger charge is 2.49. The van der Waals surface area contributed by atoms with Gasteiger partial charge in [-0.3, -0.25) is 9.69 Å². The van der Waals surface area contributed by atoms with Crippen molar-refractivity contribution in [3.8, 4) is 0 Å². The van der Waals surface area contributed by atoms with Gasteiger partial charge in [0.2, 0.25) is 5.91 Å². The van der Waals surface area contributed by atoms with Crippen LogP contribution in [0, 0.1) is 5.92 Å². The molecule has 0 aromatic carbocycles. The molecule has 1 aliphatic heterocycles. The van der Waals surface area contributed by atoms with Crippen molar-refractivity contribution in [1.82, 2.24) is 10.2 Å². The van der Waals surface area contributed by atoms with Crippen molar-refractivity contribution in [3.63, 3.8) is 0 Å². The highest BCUT2D eigenvalue weighted by Crippen LogP contribution is 2.28. The van der Waals surface area contributed by atoms with E-state index in [1.54, 1.807) is 0 Å². The quantitative estimate of drug-likeness (QED) is 0.607. The van der Waals surface area contributed by atoms with Gasteiger partial charge in [0, 0.05) is 13.6 Å². The molecule has 1 saturated heterocycles. The van der Waals surface area contributed by atoms with Crippen LogP contribution in [0.3, 0.4) is 0 Å². The van der Waals surface area contributed by atoms with Crippen molar-refractivity contribution < 1.29 is 22.8 Å². The van der Waals surface area contributed by atoms with Crippen LogP contribution in [-0.4, -0.2) is 36.6 Å². The van der Waals surface area contributed by atoms with Crippen molar-refractivity contribution in [2.45, 2.75) is 6.18 Å². The number of nitrogens with one attached hydrogen (secondary N) is 1. The molecule has 1 heterocycles. The largest absolute Gasteiger partial charge is 0.402 e. The Morgan fingerprint density at radius 1 is 1.46 bits per heavy atom. The van der Waals surface area contributed by atoms with E-state index in [9.17, 15) is 22.8 Å². The van der Waals surface area contributed by atoms with Crippen LogP contribution in [0.4, 0.5) is 18.0 Å². The molecule has 0 aliphatic carbocycles. The van der Waals surface area contributed by atoms with Crippen LogP contribution in [0.15, 0.2) is 0 Å². The molecule has 74 valence electrons. The molecular formula is C6H7F3N2O2. The maximum absolute atomic E-state index is 12.1. The summed E-state index contributed by atoms with van der Waals surface area (Å²) in [6.07, 6.45) is -4.60. The van der Waals surface area contributed by atoms with Gasteiger partial charge in [0.1, 0.15) is 0 Å². The second-order valence-corrected chi connectivity index (χ2v) is 2.68. The lowest BCUT2D eigenvalue weighted by molar-refractivity contribution is -0.187. The maximum Gasteiger partial charge on any atom is 0.402 e. The van der Waals surface area contributed by atoms with Gasteiger partial charge in [0.05, 0.1) is 0 Å². The Labute approximate surface area is 71.7 Å². The van der Waals surface area contributed by atoms with Gasteiger partial charge in [-0.15, -0.1) is 0 Å². The van der Waals surface area contributed by atoms with Crippen LogP contribution in [0.5, 0.6) is 0 Å². The van der Waals surface area contributed by atoms with E-state index in [0.717, 1.165) is 7.05 Å². The van der Waals surface area contributed by atoms with Gasteiger partial charge in [-0.05, 0) is 0 Å². The first-order valence-corrected chi connectivity index (χ1v) is 3.46. The molecule has 0 aromatic heterocycles. The van der Waals surface area contributed by atoms with Crippen molar-refractivity contribution >= 4 is 11.9 Å². The van der Waals surface area contributed by atoms with E-state index in [-0.39, 0.29) is 0 Å². The number of carbonyl (C=O) groups excluding carboxylic acids is 2. The summed E-state index contributed by atoms with van der Waals surface area (Å²) in [5, 5.41) is 1.96. The van der Waals surface area contributed by atoms with Crippen molar-refractivity contribution in [2.24, 2.45) is 5.92 Å². The molecule has 1 rings (SSSR count). The normalized spacial score (nSPS) is 24.6. The van der Waals surface area contributed by atoms with Crippen LogP contribution < -0.4 is 5.32 Å². The third-order valence-electron chi connectivity index (χ3n) is 1.79. The van der Waals surface area contributed by atoms with Crippen LogP contribution in [0.2, 0.25) is 0 Å². The average Bonchev–Trinajstić information content (AvgIpc) is 1.98. The minimum absolute atomic E-state index is 0.432. The van der Waals surface area contributed by atoms with Crippen LogP contribution in [0.25, 0.3) is 0 Å². The third kappa shape index (κ3) is 1.73. The van der Waals surface area contributed by atoms with Crippen LogP contribution in [-0.2, 0) is 4.79 Å². The fourth-order valence-electron chi connectivity index (χ4n) is 0.985. The zero-order chi connectivity index (χ0) is 10.2. The number of hydrogen-bond donors (Lipinski definition) is 1. The number of rotatable bonds is 0. The molecular weight excluding hydrogens is 189 g/mol. The Kier molecular flexibility index (Phi) is 2.19. The Hall–Kier alpha value is -1.27. The number of carbonyl (C=O) groups is 2. The van der Waals surface area contributed by atoms with Crippen LogP contribution >= 0.6 is 0 Å². The lowest BCUT2D eigenvalue weighted by Crippen LogP contribution is -2.56. The highest BCUT2D eigenvalue weighted by molar-refractivity contribution is 5.98. The summed E-state index contributed by atoms with van der Waals surface area (Å²) in [6.45, 7) is -0.675. The summed E-state index contributed by atoms with van der Waals surface area (Å²) < 4.78 is 36.3. The van der Waals surface area contributed by atoms with E-state index in [1.165, 1.54) is 0 Å². The second kappa shape index (κ2) is 2.90. The van der Waals surface area contributed by atoms with Gasteiger partial charge < -0.3 is 5.32 Å². The maximum atomic E-state index is 12.1. The average molecular weight is 196 g/mol. The SMILES string of the molecule is CN1C(=O)NCC(C(F)(F)F)C1=O. The molecule has 1 fully saturated rings. The Balaban J connectivity index is 2.82. The first-order valence-electron chi connectivity index (χ1n) is 3.46. The van der Waals surface area contributed by atoms with Gasteiger partial charge in [-0.2, -0.15) is 13.2 Å². The zero-order valence-corrected chi connectivity index (χ0v) is 6.68. The predicted octanol–water partition coefficient (Wildman–Crippen LogP) is 0.346. The molecule has 0 saturated carbocycles. The number of halogens is 3.